The fourth-order valence-corrected chi connectivity index (χ4v) is 2.21. The fourth-order valence-electron chi connectivity index (χ4n) is 2.03. The lowest BCUT2D eigenvalue weighted by Crippen LogP contribution is -1.95. The van der Waals surface area contributed by atoms with E-state index in [2.05, 4.69) is 10.3 Å². The molecule has 0 saturated carbocycles. The number of pyridine rings is 1. The first kappa shape index (κ1) is 11.8. The van der Waals surface area contributed by atoms with Crippen molar-refractivity contribution in [1.29, 1.82) is 0 Å². The van der Waals surface area contributed by atoms with Crippen LogP contribution in [0.2, 0.25) is 5.02 Å². The molecule has 0 fully saturated rings. The number of nitrogens with two attached hydrogens (primary N) is 1. The van der Waals surface area contributed by atoms with Crippen LogP contribution in [0.3, 0.4) is 0 Å². The standard InChI is InChI=1S/C15H12ClN3/c16-12-3-1-2-4-15(12)19-14-6-5-13(17)11-9-18-8-7-10(11)14/h1-9,19H,17H2. The van der Waals surface area contributed by atoms with Crippen molar-refractivity contribution in [2.24, 2.45) is 0 Å². The second-order valence-corrected chi connectivity index (χ2v) is 4.64. The second kappa shape index (κ2) is 4.78. The Morgan fingerprint density at radius 3 is 2.63 bits per heavy atom. The summed E-state index contributed by atoms with van der Waals surface area (Å²) in [6.45, 7) is 0. The summed E-state index contributed by atoms with van der Waals surface area (Å²) in [6.07, 6.45) is 3.52. The molecule has 3 rings (SSSR count). The summed E-state index contributed by atoms with van der Waals surface area (Å²) in [7, 11) is 0. The van der Waals surface area contributed by atoms with Crippen LogP contribution in [-0.4, -0.2) is 4.98 Å². The molecule has 94 valence electrons. The lowest BCUT2D eigenvalue weighted by atomic mass is 10.1. The van der Waals surface area contributed by atoms with E-state index in [9.17, 15) is 0 Å². The van der Waals surface area contributed by atoms with Gasteiger partial charge in [0, 0.05) is 34.5 Å². The van der Waals surface area contributed by atoms with Gasteiger partial charge < -0.3 is 11.1 Å². The summed E-state index contributed by atoms with van der Waals surface area (Å²) in [6, 6.07) is 13.4. The third-order valence-electron chi connectivity index (χ3n) is 3.00. The van der Waals surface area contributed by atoms with E-state index in [-0.39, 0.29) is 0 Å². The fraction of sp³-hybridized carbons (Fsp3) is 0. The molecule has 0 saturated heterocycles. The molecular weight excluding hydrogens is 258 g/mol. The van der Waals surface area contributed by atoms with Gasteiger partial charge in [-0.15, -0.1) is 0 Å². The quantitative estimate of drug-likeness (QED) is 0.685. The summed E-state index contributed by atoms with van der Waals surface area (Å²) in [5.74, 6) is 0. The van der Waals surface area contributed by atoms with Crippen molar-refractivity contribution in [1.82, 2.24) is 4.98 Å². The smallest absolute Gasteiger partial charge is 0.0640 e. The van der Waals surface area contributed by atoms with Crippen LogP contribution in [0.15, 0.2) is 54.9 Å². The molecule has 0 aliphatic rings. The van der Waals surface area contributed by atoms with Crippen LogP contribution in [0.25, 0.3) is 10.8 Å². The average molecular weight is 270 g/mol. The van der Waals surface area contributed by atoms with Gasteiger partial charge in [0.2, 0.25) is 0 Å². The molecule has 0 aliphatic heterocycles. The van der Waals surface area contributed by atoms with Crippen molar-refractivity contribution in [3.63, 3.8) is 0 Å². The molecular formula is C15H12ClN3. The Kier molecular flexibility index (Phi) is 2.97. The molecule has 3 aromatic rings. The molecule has 3 nitrogen and oxygen atoms in total. The lowest BCUT2D eigenvalue weighted by Gasteiger charge is -2.12. The Morgan fingerprint density at radius 2 is 1.79 bits per heavy atom. The zero-order valence-electron chi connectivity index (χ0n) is 10.1. The maximum atomic E-state index is 6.16. The Balaban J connectivity index is 2.12. The van der Waals surface area contributed by atoms with Gasteiger partial charge in [-0.05, 0) is 30.3 Å². The van der Waals surface area contributed by atoms with Gasteiger partial charge in [-0.3, -0.25) is 4.98 Å². The number of nitrogens with zero attached hydrogens (tertiary/aromatic N) is 1. The molecule has 1 aromatic heterocycles. The monoisotopic (exact) mass is 269 g/mol. The summed E-state index contributed by atoms with van der Waals surface area (Å²) in [4.78, 5) is 4.11. The minimum absolute atomic E-state index is 0.682. The first-order chi connectivity index (χ1) is 9.25. The first-order valence-corrected chi connectivity index (χ1v) is 6.27. The van der Waals surface area contributed by atoms with Crippen molar-refractivity contribution in [2.75, 3.05) is 11.1 Å². The third-order valence-corrected chi connectivity index (χ3v) is 3.32. The number of nitrogen functional groups attached to an aromatic ring is 1. The Labute approximate surface area is 116 Å². The minimum Gasteiger partial charge on any atom is -0.398 e. The van der Waals surface area contributed by atoms with Crippen molar-refractivity contribution in [3.8, 4) is 0 Å². The summed E-state index contributed by atoms with van der Waals surface area (Å²) >= 11 is 6.16. The normalized spacial score (nSPS) is 10.6. The van der Waals surface area contributed by atoms with Gasteiger partial charge in [-0.25, -0.2) is 0 Å². The molecule has 1 heterocycles. The summed E-state index contributed by atoms with van der Waals surface area (Å²) in [5.41, 5.74) is 8.50. The molecule has 0 amide bonds. The zero-order chi connectivity index (χ0) is 13.2. The minimum atomic E-state index is 0.682. The number of fused-ring (bicyclic) bond motifs is 1. The molecule has 2 aromatic carbocycles. The average Bonchev–Trinajstić information content (AvgIpc) is 2.44. The molecule has 0 radical (unpaired) electrons. The third kappa shape index (κ3) is 2.20. The van der Waals surface area contributed by atoms with E-state index in [1.165, 1.54) is 0 Å². The summed E-state index contributed by atoms with van der Waals surface area (Å²) in [5, 5.41) is 5.96. The SMILES string of the molecule is Nc1ccc(Nc2ccccc2Cl)c2ccncc12. The highest BCUT2D eigenvalue weighted by Gasteiger charge is 2.05. The number of aromatic nitrogens is 1. The molecule has 4 heteroatoms. The van der Waals surface area contributed by atoms with Gasteiger partial charge >= 0.3 is 0 Å². The largest absolute Gasteiger partial charge is 0.398 e. The topological polar surface area (TPSA) is 50.9 Å². The van der Waals surface area contributed by atoms with E-state index in [0.29, 0.717) is 10.7 Å². The van der Waals surface area contributed by atoms with Crippen LogP contribution in [0.5, 0.6) is 0 Å². The van der Waals surface area contributed by atoms with Gasteiger partial charge in [0.1, 0.15) is 0 Å². The van der Waals surface area contributed by atoms with Gasteiger partial charge in [-0.2, -0.15) is 0 Å². The van der Waals surface area contributed by atoms with Crippen molar-refractivity contribution >= 4 is 39.4 Å². The molecule has 0 atom stereocenters. The van der Waals surface area contributed by atoms with Crippen molar-refractivity contribution in [2.45, 2.75) is 0 Å². The molecule has 0 aliphatic carbocycles. The number of nitrogens with one attached hydrogen (secondary N) is 1. The number of benzene rings is 2. The summed E-state index contributed by atoms with van der Waals surface area (Å²) < 4.78 is 0. The highest BCUT2D eigenvalue weighted by Crippen LogP contribution is 2.31. The predicted octanol–water partition coefficient (Wildman–Crippen LogP) is 4.21. The number of halogens is 1. The van der Waals surface area contributed by atoms with E-state index < -0.39 is 0 Å². The number of rotatable bonds is 2. The Morgan fingerprint density at radius 1 is 0.947 bits per heavy atom. The van der Waals surface area contributed by atoms with Gasteiger partial charge in [0.25, 0.3) is 0 Å². The van der Waals surface area contributed by atoms with Crippen molar-refractivity contribution in [3.05, 3.63) is 59.9 Å². The highest BCUT2D eigenvalue weighted by atomic mass is 35.5. The van der Waals surface area contributed by atoms with Crippen molar-refractivity contribution < 1.29 is 0 Å². The van der Waals surface area contributed by atoms with E-state index in [1.54, 1.807) is 12.4 Å². The van der Waals surface area contributed by atoms with E-state index in [1.807, 2.05) is 42.5 Å². The van der Waals surface area contributed by atoms with Crippen LogP contribution < -0.4 is 11.1 Å². The van der Waals surface area contributed by atoms with Gasteiger partial charge in [0.05, 0.1) is 10.7 Å². The highest BCUT2D eigenvalue weighted by molar-refractivity contribution is 6.33. The number of hydrogen-bond donors (Lipinski definition) is 2. The Bertz CT molecular complexity index is 740. The molecule has 3 N–H and O–H groups in total. The van der Waals surface area contributed by atoms with Gasteiger partial charge in [-0.1, -0.05) is 23.7 Å². The molecule has 0 unspecified atom stereocenters. The van der Waals surface area contributed by atoms with E-state index >= 15 is 0 Å². The second-order valence-electron chi connectivity index (χ2n) is 4.23. The van der Waals surface area contributed by atoms with E-state index in [0.717, 1.165) is 22.1 Å². The number of hydrogen-bond acceptors (Lipinski definition) is 3. The zero-order valence-corrected chi connectivity index (χ0v) is 10.9. The van der Waals surface area contributed by atoms with Crippen LogP contribution in [0.4, 0.5) is 17.1 Å². The Hall–Kier alpha value is -2.26. The number of anilines is 3. The first-order valence-electron chi connectivity index (χ1n) is 5.89. The maximum absolute atomic E-state index is 6.16. The lowest BCUT2D eigenvalue weighted by molar-refractivity contribution is 1.36. The maximum Gasteiger partial charge on any atom is 0.0640 e. The van der Waals surface area contributed by atoms with E-state index in [4.69, 9.17) is 17.3 Å². The van der Waals surface area contributed by atoms with Crippen LogP contribution in [-0.2, 0) is 0 Å². The van der Waals surface area contributed by atoms with Crippen LogP contribution in [0, 0.1) is 0 Å². The van der Waals surface area contributed by atoms with Crippen LogP contribution in [0.1, 0.15) is 0 Å². The predicted molar refractivity (Wildman–Crippen MR) is 80.9 cm³/mol. The molecule has 0 bridgehead atoms. The molecule has 0 spiro atoms. The van der Waals surface area contributed by atoms with Gasteiger partial charge in [0.15, 0.2) is 0 Å². The molecule has 19 heavy (non-hydrogen) atoms. The number of para-hydroxylation sites is 1. The van der Waals surface area contributed by atoms with Crippen LogP contribution >= 0.6 is 11.6 Å².